The molecule has 7 aromatic rings. The fourth-order valence-corrected chi connectivity index (χ4v) is 8.00. The second-order valence-electron chi connectivity index (χ2n) is 13.5. The van der Waals surface area contributed by atoms with Gasteiger partial charge in [-0.3, -0.25) is 0 Å². The van der Waals surface area contributed by atoms with Gasteiger partial charge in [0.1, 0.15) is 0 Å². The average Bonchev–Trinajstić information content (AvgIpc) is 3.21. The maximum Gasteiger partial charge on any atom is 0.151 e. The molecular weight excluding hydrogens is 609 g/mol. The van der Waals surface area contributed by atoms with Crippen LogP contribution in [0.2, 0.25) is 0 Å². The maximum atomic E-state index is 6.28. The molecule has 0 spiro atoms. The fourth-order valence-electron chi connectivity index (χ4n) is 8.00. The van der Waals surface area contributed by atoms with Crippen LogP contribution in [0.3, 0.4) is 0 Å². The lowest BCUT2D eigenvalue weighted by Crippen LogP contribution is -2.30. The first kappa shape index (κ1) is 30.2. The molecule has 0 N–H and O–H groups in total. The molecule has 1 aliphatic carbocycles. The van der Waals surface area contributed by atoms with Crippen LogP contribution in [0.1, 0.15) is 43.2 Å². The van der Waals surface area contributed by atoms with Crippen molar-refractivity contribution in [2.45, 2.75) is 37.5 Å². The normalized spacial score (nSPS) is 14.7. The molecular formula is C47H38N2O. The average molecular weight is 647 g/mol. The second-order valence-corrected chi connectivity index (χ2v) is 13.5. The summed E-state index contributed by atoms with van der Waals surface area (Å²) in [5.74, 6) is 1.75. The largest absolute Gasteiger partial charge is 0.453 e. The smallest absolute Gasteiger partial charge is 0.151 e. The van der Waals surface area contributed by atoms with E-state index in [4.69, 9.17) is 9.72 Å². The number of fused-ring (bicyclic) bond motifs is 2. The number of aromatic nitrogens is 1. The third-order valence-corrected chi connectivity index (χ3v) is 10.6. The molecule has 2 aliphatic rings. The molecule has 0 bridgehead atoms. The molecule has 1 aromatic heterocycles. The lowest BCUT2D eigenvalue weighted by Gasteiger charge is -2.39. The van der Waals surface area contributed by atoms with Crippen LogP contribution in [-0.4, -0.2) is 4.98 Å². The second kappa shape index (κ2) is 12.8. The predicted molar refractivity (Wildman–Crippen MR) is 206 cm³/mol. The van der Waals surface area contributed by atoms with Gasteiger partial charge < -0.3 is 9.64 Å². The molecule has 0 amide bonds. The molecule has 9 rings (SSSR count). The van der Waals surface area contributed by atoms with Gasteiger partial charge in [-0.2, -0.15) is 0 Å². The van der Waals surface area contributed by atoms with E-state index < -0.39 is 0 Å². The number of anilines is 3. The zero-order valence-electron chi connectivity index (χ0n) is 28.0. The quantitative estimate of drug-likeness (QED) is 0.180. The molecule has 1 aliphatic heterocycles. The Morgan fingerprint density at radius 2 is 0.920 bits per heavy atom. The van der Waals surface area contributed by atoms with Crippen molar-refractivity contribution in [2.24, 2.45) is 0 Å². The molecule has 1 fully saturated rings. The number of pyridine rings is 1. The summed E-state index contributed by atoms with van der Waals surface area (Å²) in [6, 6.07) is 60.8. The van der Waals surface area contributed by atoms with E-state index in [0.717, 1.165) is 63.9 Å². The SMILES string of the molecule is c1ccc(-c2cc(-c3ccc(C4(c5ccc(N6c7ccccc7Oc7ccccc76)cc5)CCCCC4)cc3)cc(-c3ccccc3)n2)cc1. The van der Waals surface area contributed by atoms with E-state index in [-0.39, 0.29) is 5.41 Å². The van der Waals surface area contributed by atoms with E-state index in [1.165, 1.54) is 41.5 Å². The van der Waals surface area contributed by atoms with E-state index in [1.807, 2.05) is 24.3 Å². The van der Waals surface area contributed by atoms with E-state index in [9.17, 15) is 0 Å². The Morgan fingerprint density at radius 3 is 1.46 bits per heavy atom. The lowest BCUT2D eigenvalue weighted by molar-refractivity contribution is 0.346. The summed E-state index contributed by atoms with van der Waals surface area (Å²) in [4.78, 5) is 7.42. The van der Waals surface area contributed by atoms with Gasteiger partial charge in [-0.25, -0.2) is 4.98 Å². The third-order valence-electron chi connectivity index (χ3n) is 10.6. The highest BCUT2D eigenvalue weighted by Crippen LogP contribution is 2.51. The lowest BCUT2D eigenvalue weighted by atomic mass is 9.65. The molecule has 0 unspecified atom stereocenters. The fraction of sp³-hybridized carbons (Fsp3) is 0.128. The van der Waals surface area contributed by atoms with Crippen molar-refractivity contribution in [1.82, 2.24) is 4.98 Å². The number of ether oxygens (including phenoxy) is 1. The first-order valence-corrected chi connectivity index (χ1v) is 17.8. The van der Waals surface area contributed by atoms with Crippen molar-refractivity contribution >= 4 is 17.1 Å². The Balaban J connectivity index is 1.08. The topological polar surface area (TPSA) is 25.4 Å². The van der Waals surface area contributed by atoms with Crippen LogP contribution >= 0.6 is 0 Å². The van der Waals surface area contributed by atoms with Gasteiger partial charge in [-0.15, -0.1) is 0 Å². The van der Waals surface area contributed by atoms with E-state index >= 15 is 0 Å². The van der Waals surface area contributed by atoms with Crippen LogP contribution < -0.4 is 9.64 Å². The highest BCUT2D eigenvalue weighted by atomic mass is 16.5. The van der Waals surface area contributed by atoms with Gasteiger partial charge in [0.05, 0.1) is 22.8 Å². The zero-order valence-corrected chi connectivity index (χ0v) is 28.0. The van der Waals surface area contributed by atoms with Gasteiger partial charge in [0.15, 0.2) is 11.5 Å². The molecule has 0 saturated heterocycles. The van der Waals surface area contributed by atoms with E-state index in [0.29, 0.717) is 0 Å². The highest BCUT2D eigenvalue weighted by molar-refractivity contribution is 5.86. The molecule has 3 heteroatoms. The maximum absolute atomic E-state index is 6.28. The molecule has 6 aromatic carbocycles. The molecule has 1 saturated carbocycles. The Kier molecular flexibility index (Phi) is 7.74. The van der Waals surface area contributed by atoms with Crippen LogP contribution in [0, 0.1) is 0 Å². The molecule has 242 valence electrons. The molecule has 50 heavy (non-hydrogen) atoms. The summed E-state index contributed by atoms with van der Waals surface area (Å²) >= 11 is 0. The standard InChI is InChI=1S/C47H38N2O/c1-4-14-35(15-5-1)41-32-37(33-42(48-41)36-16-6-2-7-17-36)34-22-24-38(25-23-34)47(30-12-3-13-31-47)39-26-28-40(29-27-39)49-43-18-8-10-20-45(43)50-46-21-11-9-19-44(46)49/h1-2,4-11,14-29,32-33H,3,12-13,30-31H2. The van der Waals surface area contributed by atoms with Gasteiger partial charge in [-0.05, 0) is 83.6 Å². The van der Waals surface area contributed by atoms with E-state index in [1.54, 1.807) is 0 Å². The number of nitrogens with zero attached hydrogens (tertiary/aromatic N) is 2. The number of hydrogen-bond donors (Lipinski definition) is 0. The van der Waals surface area contributed by atoms with Crippen molar-refractivity contribution in [3.8, 4) is 45.1 Å². The van der Waals surface area contributed by atoms with Crippen LogP contribution in [0.4, 0.5) is 17.1 Å². The van der Waals surface area contributed by atoms with Crippen molar-refractivity contribution in [3.63, 3.8) is 0 Å². The Labute approximate surface area is 294 Å². The van der Waals surface area contributed by atoms with Gasteiger partial charge in [0.2, 0.25) is 0 Å². The molecule has 3 nitrogen and oxygen atoms in total. The Bertz CT molecular complexity index is 2150. The summed E-state index contributed by atoms with van der Waals surface area (Å²) in [6.07, 6.45) is 6.07. The highest BCUT2D eigenvalue weighted by Gasteiger charge is 2.36. The summed E-state index contributed by atoms with van der Waals surface area (Å²) in [7, 11) is 0. The minimum atomic E-state index is -0.0151. The number of rotatable bonds is 6. The first-order valence-electron chi connectivity index (χ1n) is 17.8. The van der Waals surface area contributed by atoms with Crippen molar-refractivity contribution < 1.29 is 4.74 Å². The minimum absolute atomic E-state index is 0.0151. The predicted octanol–water partition coefficient (Wildman–Crippen LogP) is 12.9. The van der Waals surface area contributed by atoms with E-state index in [2.05, 4.69) is 150 Å². The minimum Gasteiger partial charge on any atom is -0.453 e. The van der Waals surface area contributed by atoms with Gasteiger partial charge in [0.25, 0.3) is 0 Å². The number of para-hydroxylation sites is 4. The molecule has 2 heterocycles. The van der Waals surface area contributed by atoms with Crippen LogP contribution in [0.25, 0.3) is 33.6 Å². The van der Waals surface area contributed by atoms with Crippen molar-refractivity contribution in [2.75, 3.05) is 4.90 Å². The van der Waals surface area contributed by atoms with Gasteiger partial charge in [-0.1, -0.05) is 141 Å². The van der Waals surface area contributed by atoms with Crippen molar-refractivity contribution in [1.29, 1.82) is 0 Å². The zero-order chi connectivity index (χ0) is 33.3. The molecule has 0 atom stereocenters. The Hall–Kier alpha value is -5.93. The third kappa shape index (κ3) is 5.45. The van der Waals surface area contributed by atoms with Gasteiger partial charge in [0, 0.05) is 22.2 Å². The van der Waals surface area contributed by atoms with Crippen LogP contribution in [0.5, 0.6) is 11.5 Å². The molecule has 0 radical (unpaired) electrons. The monoisotopic (exact) mass is 646 g/mol. The first-order chi connectivity index (χ1) is 24.7. The van der Waals surface area contributed by atoms with Crippen LogP contribution in [0.15, 0.2) is 170 Å². The summed E-state index contributed by atoms with van der Waals surface area (Å²) in [5, 5.41) is 0. The van der Waals surface area contributed by atoms with Crippen molar-refractivity contribution in [3.05, 3.63) is 181 Å². The van der Waals surface area contributed by atoms with Gasteiger partial charge >= 0.3 is 0 Å². The number of benzene rings is 6. The summed E-state index contributed by atoms with van der Waals surface area (Å²) in [5.41, 5.74) is 12.6. The summed E-state index contributed by atoms with van der Waals surface area (Å²) < 4.78 is 6.28. The number of hydrogen-bond acceptors (Lipinski definition) is 3. The summed E-state index contributed by atoms with van der Waals surface area (Å²) in [6.45, 7) is 0. The van der Waals surface area contributed by atoms with Crippen LogP contribution in [-0.2, 0) is 5.41 Å². The Morgan fingerprint density at radius 1 is 0.440 bits per heavy atom.